The minimum atomic E-state index is 0.972. The Bertz CT molecular complexity index is 1390. The number of fused-ring (bicyclic) bond motifs is 3. The molecule has 0 radical (unpaired) electrons. The summed E-state index contributed by atoms with van der Waals surface area (Å²) in [4.78, 5) is 4.72. The Morgan fingerprint density at radius 3 is 2.17 bits per heavy atom. The molecule has 0 saturated heterocycles. The Morgan fingerprint density at radius 2 is 1.41 bits per heavy atom. The molecule has 0 aliphatic carbocycles. The molecule has 142 valence electrons. The first kappa shape index (κ1) is 17.6. The van der Waals surface area contributed by atoms with Gasteiger partial charge in [-0.05, 0) is 74.2 Å². The molecule has 29 heavy (non-hydrogen) atoms. The maximum Gasteiger partial charge on any atom is 0.102 e. The van der Waals surface area contributed by atoms with Gasteiger partial charge in [-0.15, -0.1) is 0 Å². The average Bonchev–Trinajstić information content (AvgIpc) is 3.12. The molecule has 2 heterocycles. The highest BCUT2D eigenvalue weighted by atomic mass is 15.3. The Labute approximate surface area is 170 Å². The lowest BCUT2D eigenvalue weighted by atomic mass is 10.0. The molecule has 0 bridgehead atoms. The van der Waals surface area contributed by atoms with Crippen molar-refractivity contribution in [2.75, 3.05) is 0 Å². The van der Waals surface area contributed by atoms with Gasteiger partial charge in [0, 0.05) is 22.5 Å². The first-order valence-corrected chi connectivity index (χ1v) is 9.94. The number of para-hydroxylation sites is 1. The predicted octanol–water partition coefficient (Wildman–Crippen LogP) is 6.47. The van der Waals surface area contributed by atoms with Gasteiger partial charge in [0.1, 0.15) is 5.69 Å². The largest absolute Gasteiger partial charge is 0.255 e. The van der Waals surface area contributed by atoms with Crippen LogP contribution >= 0.6 is 0 Å². The second kappa shape index (κ2) is 6.56. The summed E-state index contributed by atoms with van der Waals surface area (Å²) < 4.78 is 2.08. The van der Waals surface area contributed by atoms with Gasteiger partial charge in [0.25, 0.3) is 0 Å². The van der Waals surface area contributed by atoms with E-state index in [1.54, 1.807) is 0 Å². The molecule has 5 rings (SSSR count). The standard InChI is InChI=1S/C26H23N3/c1-16-9-11-20(13-18(16)3)25-23-15-27-24-8-6-5-7-22(24)26(23)29(28-25)21-12-10-17(2)19(4)14-21/h5-15H,1-4H3. The van der Waals surface area contributed by atoms with E-state index in [9.17, 15) is 0 Å². The van der Waals surface area contributed by atoms with Crippen LogP contribution in [-0.4, -0.2) is 14.8 Å². The van der Waals surface area contributed by atoms with E-state index in [1.807, 2.05) is 12.3 Å². The van der Waals surface area contributed by atoms with Crippen molar-refractivity contribution in [1.29, 1.82) is 0 Å². The van der Waals surface area contributed by atoms with Crippen LogP contribution in [0.2, 0.25) is 0 Å². The molecule has 0 spiro atoms. The van der Waals surface area contributed by atoms with Crippen molar-refractivity contribution < 1.29 is 0 Å². The third-order valence-electron chi connectivity index (χ3n) is 5.93. The summed E-state index contributed by atoms with van der Waals surface area (Å²) in [7, 11) is 0. The highest BCUT2D eigenvalue weighted by Crippen LogP contribution is 2.34. The summed E-state index contributed by atoms with van der Waals surface area (Å²) in [6.45, 7) is 8.57. The Balaban J connectivity index is 1.89. The third kappa shape index (κ3) is 2.82. The van der Waals surface area contributed by atoms with E-state index in [-0.39, 0.29) is 0 Å². The number of hydrogen-bond acceptors (Lipinski definition) is 2. The molecule has 5 aromatic rings. The second-order valence-corrected chi connectivity index (χ2v) is 7.87. The first-order chi connectivity index (χ1) is 14.0. The molecule has 0 atom stereocenters. The SMILES string of the molecule is Cc1ccc(-c2nn(-c3ccc(C)c(C)c3)c3c2cnc2ccccc23)cc1C. The summed E-state index contributed by atoms with van der Waals surface area (Å²) in [6, 6.07) is 21.4. The van der Waals surface area contributed by atoms with Crippen molar-refractivity contribution in [3.63, 3.8) is 0 Å². The number of aryl methyl sites for hydroxylation is 4. The maximum atomic E-state index is 5.10. The second-order valence-electron chi connectivity index (χ2n) is 7.87. The highest BCUT2D eigenvalue weighted by molar-refractivity contribution is 6.08. The molecule has 0 unspecified atom stereocenters. The molecule has 3 heteroatoms. The molecule has 2 aromatic heterocycles. The van der Waals surface area contributed by atoms with Gasteiger partial charge in [0.15, 0.2) is 0 Å². The first-order valence-electron chi connectivity index (χ1n) is 9.94. The zero-order valence-electron chi connectivity index (χ0n) is 17.2. The molecule has 3 aromatic carbocycles. The van der Waals surface area contributed by atoms with Crippen LogP contribution in [0, 0.1) is 27.7 Å². The minimum Gasteiger partial charge on any atom is -0.255 e. The molecular formula is C26H23N3. The van der Waals surface area contributed by atoms with E-state index < -0.39 is 0 Å². The molecule has 0 amide bonds. The van der Waals surface area contributed by atoms with Crippen molar-refractivity contribution in [3.05, 3.63) is 89.1 Å². The van der Waals surface area contributed by atoms with Gasteiger partial charge in [-0.25, -0.2) is 4.68 Å². The number of nitrogens with zero attached hydrogens (tertiary/aromatic N) is 3. The summed E-state index contributed by atoms with van der Waals surface area (Å²) in [5, 5.41) is 7.29. The van der Waals surface area contributed by atoms with E-state index in [2.05, 4.69) is 87.0 Å². The Morgan fingerprint density at radius 1 is 0.690 bits per heavy atom. The maximum absolute atomic E-state index is 5.10. The van der Waals surface area contributed by atoms with Crippen LogP contribution in [0.25, 0.3) is 38.8 Å². The summed E-state index contributed by atoms with van der Waals surface area (Å²) in [5.74, 6) is 0. The Kier molecular flexibility index (Phi) is 3.99. The van der Waals surface area contributed by atoms with Crippen molar-refractivity contribution >= 4 is 21.8 Å². The third-order valence-corrected chi connectivity index (χ3v) is 5.93. The number of hydrogen-bond donors (Lipinski definition) is 0. The van der Waals surface area contributed by atoms with Gasteiger partial charge >= 0.3 is 0 Å². The fourth-order valence-corrected chi connectivity index (χ4v) is 3.88. The molecule has 0 N–H and O–H groups in total. The van der Waals surface area contributed by atoms with Crippen LogP contribution in [0.1, 0.15) is 22.3 Å². The van der Waals surface area contributed by atoms with Crippen molar-refractivity contribution in [2.45, 2.75) is 27.7 Å². The van der Waals surface area contributed by atoms with Gasteiger partial charge in [-0.2, -0.15) is 5.10 Å². The molecule has 0 saturated carbocycles. The van der Waals surface area contributed by atoms with E-state index in [1.165, 1.54) is 22.3 Å². The lowest BCUT2D eigenvalue weighted by Gasteiger charge is -2.08. The van der Waals surface area contributed by atoms with E-state index in [4.69, 9.17) is 10.1 Å². The monoisotopic (exact) mass is 377 g/mol. The number of aromatic nitrogens is 3. The number of rotatable bonds is 2. The van der Waals surface area contributed by atoms with E-state index in [0.717, 1.165) is 38.8 Å². The number of benzene rings is 3. The zero-order chi connectivity index (χ0) is 20.1. The molecule has 0 fully saturated rings. The van der Waals surface area contributed by atoms with Crippen LogP contribution in [0.15, 0.2) is 66.9 Å². The summed E-state index contributed by atoms with van der Waals surface area (Å²) in [6.07, 6.45) is 1.97. The molecule has 0 aliphatic rings. The summed E-state index contributed by atoms with van der Waals surface area (Å²) >= 11 is 0. The lowest BCUT2D eigenvalue weighted by molar-refractivity contribution is 0.915. The quantitative estimate of drug-likeness (QED) is 0.353. The minimum absolute atomic E-state index is 0.972. The Hall–Kier alpha value is -3.46. The van der Waals surface area contributed by atoms with Crippen molar-refractivity contribution in [2.24, 2.45) is 0 Å². The predicted molar refractivity (Wildman–Crippen MR) is 121 cm³/mol. The van der Waals surface area contributed by atoms with Crippen molar-refractivity contribution in [1.82, 2.24) is 14.8 Å². The smallest absolute Gasteiger partial charge is 0.102 e. The van der Waals surface area contributed by atoms with Gasteiger partial charge < -0.3 is 0 Å². The van der Waals surface area contributed by atoms with E-state index >= 15 is 0 Å². The van der Waals surface area contributed by atoms with Crippen LogP contribution < -0.4 is 0 Å². The van der Waals surface area contributed by atoms with Gasteiger partial charge in [-0.1, -0.05) is 36.4 Å². The normalized spacial score (nSPS) is 11.4. The molecule has 0 aliphatic heterocycles. The molecular weight excluding hydrogens is 354 g/mol. The van der Waals surface area contributed by atoms with Gasteiger partial charge in [0.05, 0.1) is 16.7 Å². The highest BCUT2D eigenvalue weighted by Gasteiger charge is 2.17. The van der Waals surface area contributed by atoms with Crippen LogP contribution in [0.5, 0.6) is 0 Å². The summed E-state index contributed by atoms with van der Waals surface area (Å²) in [5.41, 5.74) is 10.4. The lowest BCUT2D eigenvalue weighted by Crippen LogP contribution is -1.98. The van der Waals surface area contributed by atoms with Crippen LogP contribution in [-0.2, 0) is 0 Å². The zero-order valence-corrected chi connectivity index (χ0v) is 17.2. The molecule has 3 nitrogen and oxygen atoms in total. The van der Waals surface area contributed by atoms with Crippen molar-refractivity contribution in [3.8, 4) is 16.9 Å². The van der Waals surface area contributed by atoms with Crippen LogP contribution in [0.4, 0.5) is 0 Å². The van der Waals surface area contributed by atoms with E-state index in [0.29, 0.717) is 0 Å². The average molecular weight is 377 g/mol. The topological polar surface area (TPSA) is 30.7 Å². The number of pyridine rings is 1. The van der Waals surface area contributed by atoms with Gasteiger partial charge in [-0.3, -0.25) is 4.98 Å². The fourth-order valence-electron chi connectivity index (χ4n) is 3.88. The fraction of sp³-hybridized carbons (Fsp3) is 0.154. The van der Waals surface area contributed by atoms with Crippen LogP contribution in [0.3, 0.4) is 0 Å². The van der Waals surface area contributed by atoms with Gasteiger partial charge in [0.2, 0.25) is 0 Å².